The highest BCUT2D eigenvalue weighted by Crippen LogP contribution is 2.23. The van der Waals surface area contributed by atoms with E-state index in [1.54, 1.807) is 6.07 Å². The van der Waals surface area contributed by atoms with Crippen molar-refractivity contribution in [1.82, 2.24) is 0 Å². The summed E-state index contributed by atoms with van der Waals surface area (Å²) < 4.78 is 0. The summed E-state index contributed by atoms with van der Waals surface area (Å²) in [5.74, 6) is -0.370. The predicted molar refractivity (Wildman–Crippen MR) is 64.4 cm³/mol. The second-order valence-electron chi connectivity index (χ2n) is 4.21. The molecule has 1 aliphatic rings. The van der Waals surface area contributed by atoms with Crippen LogP contribution in [0.5, 0.6) is 0 Å². The number of carbonyl (C=O) groups excluding carboxylic acids is 1. The number of amides is 1. The maximum absolute atomic E-state index is 11.3. The van der Waals surface area contributed by atoms with Crippen LogP contribution in [0.1, 0.15) is 23.2 Å². The minimum Gasteiger partial charge on any atom is -0.371 e. The third kappa shape index (κ3) is 2.17. The summed E-state index contributed by atoms with van der Waals surface area (Å²) >= 11 is 0. The standard InChI is InChI=1S/C12H17N3O/c13-9-5-7-15(8-6-9)11-4-2-1-3-10(11)12(14)16/h1-4,9H,5-8,13H2,(H2,14,16). The fourth-order valence-electron chi connectivity index (χ4n) is 2.10. The van der Waals surface area contributed by atoms with Gasteiger partial charge in [0.1, 0.15) is 0 Å². The highest BCUT2D eigenvalue weighted by molar-refractivity contribution is 5.98. The van der Waals surface area contributed by atoms with Crippen molar-refractivity contribution in [3.05, 3.63) is 29.8 Å². The van der Waals surface area contributed by atoms with E-state index in [9.17, 15) is 4.79 Å². The molecule has 4 heteroatoms. The summed E-state index contributed by atoms with van der Waals surface area (Å²) in [5, 5.41) is 0. The van der Waals surface area contributed by atoms with Gasteiger partial charge < -0.3 is 16.4 Å². The molecule has 2 rings (SSSR count). The molecular weight excluding hydrogens is 202 g/mol. The Hall–Kier alpha value is -1.55. The van der Waals surface area contributed by atoms with Crippen LogP contribution in [0.4, 0.5) is 5.69 Å². The molecule has 0 atom stereocenters. The highest BCUT2D eigenvalue weighted by atomic mass is 16.1. The summed E-state index contributed by atoms with van der Waals surface area (Å²) in [6.45, 7) is 1.79. The van der Waals surface area contributed by atoms with Gasteiger partial charge in [-0.15, -0.1) is 0 Å². The van der Waals surface area contributed by atoms with Crippen LogP contribution < -0.4 is 16.4 Å². The van der Waals surface area contributed by atoms with Crippen LogP contribution in [-0.4, -0.2) is 25.0 Å². The highest BCUT2D eigenvalue weighted by Gasteiger charge is 2.19. The molecule has 1 aliphatic heterocycles. The molecule has 0 aromatic heterocycles. The maximum Gasteiger partial charge on any atom is 0.250 e. The van der Waals surface area contributed by atoms with Gasteiger partial charge in [0.2, 0.25) is 0 Å². The average molecular weight is 219 g/mol. The Balaban J connectivity index is 2.23. The van der Waals surface area contributed by atoms with Gasteiger partial charge in [0.05, 0.1) is 5.56 Å². The first kappa shape index (κ1) is 11.0. The molecule has 86 valence electrons. The van der Waals surface area contributed by atoms with Gasteiger partial charge in [-0.3, -0.25) is 4.79 Å². The summed E-state index contributed by atoms with van der Waals surface area (Å²) in [6, 6.07) is 7.76. The number of hydrogen-bond donors (Lipinski definition) is 2. The summed E-state index contributed by atoms with van der Waals surface area (Å²) in [5.41, 5.74) is 12.7. The number of nitrogens with two attached hydrogens (primary N) is 2. The number of anilines is 1. The predicted octanol–water partition coefficient (Wildman–Crippen LogP) is 0.713. The number of primary amides is 1. The van der Waals surface area contributed by atoms with Gasteiger partial charge in [0, 0.05) is 24.8 Å². The first-order valence-electron chi connectivity index (χ1n) is 5.58. The summed E-state index contributed by atoms with van der Waals surface area (Å²) in [7, 11) is 0. The quantitative estimate of drug-likeness (QED) is 0.769. The van der Waals surface area contributed by atoms with Gasteiger partial charge in [-0.2, -0.15) is 0 Å². The Morgan fingerprint density at radius 2 is 1.88 bits per heavy atom. The van der Waals surface area contributed by atoms with Crippen LogP contribution in [0.3, 0.4) is 0 Å². The lowest BCUT2D eigenvalue weighted by molar-refractivity contribution is 0.100. The zero-order valence-corrected chi connectivity index (χ0v) is 9.23. The molecule has 0 spiro atoms. The number of para-hydroxylation sites is 1. The van der Waals surface area contributed by atoms with Crippen LogP contribution in [0, 0.1) is 0 Å². The molecule has 1 saturated heterocycles. The molecule has 0 unspecified atom stereocenters. The summed E-state index contributed by atoms with van der Waals surface area (Å²) in [6.07, 6.45) is 1.93. The van der Waals surface area contributed by atoms with Crippen molar-refractivity contribution in [3.63, 3.8) is 0 Å². The zero-order chi connectivity index (χ0) is 11.5. The van der Waals surface area contributed by atoms with E-state index >= 15 is 0 Å². The number of piperidine rings is 1. The van der Waals surface area contributed by atoms with Crippen molar-refractivity contribution in [2.45, 2.75) is 18.9 Å². The lowest BCUT2D eigenvalue weighted by Crippen LogP contribution is -2.40. The van der Waals surface area contributed by atoms with Gasteiger partial charge in [-0.1, -0.05) is 12.1 Å². The number of benzene rings is 1. The number of carbonyl (C=O) groups is 1. The minimum atomic E-state index is -0.370. The van der Waals surface area contributed by atoms with E-state index in [4.69, 9.17) is 11.5 Å². The molecule has 1 heterocycles. The molecule has 4 N–H and O–H groups in total. The van der Waals surface area contributed by atoms with E-state index in [2.05, 4.69) is 4.90 Å². The molecule has 0 bridgehead atoms. The Morgan fingerprint density at radius 1 is 1.25 bits per heavy atom. The second kappa shape index (κ2) is 4.53. The van der Waals surface area contributed by atoms with Crippen LogP contribution in [0.2, 0.25) is 0 Å². The second-order valence-corrected chi connectivity index (χ2v) is 4.21. The topological polar surface area (TPSA) is 72.4 Å². The Labute approximate surface area is 95.2 Å². The largest absolute Gasteiger partial charge is 0.371 e. The van der Waals surface area contributed by atoms with Gasteiger partial charge in [0.25, 0.3) is 5.91 Å². The molecule has 1 aromatic carbocycles. The SMILES string of the molecule is NC(=O)c1ccccc1N1CCC(N)CC1. The first-order chi connectivity index (χ1) is 7.68. The van der Waals surface area contributed by atoms with E-state index in [-0.39, 0.29) is 11.9 Å². The van der Waals surface area contributed by atoms with Crippen molar-refractivity contribution >= 4 is 11.6 Å². The van der Waals surface area contributed by atoms with E-state index in [0.717, 1.165) is 31.6 Å². The van der Waals surface area contributed by atoms with E-state index in [0.29, 0.717) is 5.56 Å². The van der Waals surface area contributed by atoms with Crippen LogP contribution in [-0.2, 0) is 0 Å². The van der Waals surface area contributed by atoms with E-state index in [1.807, 2.05) is 18.2 Å². The van der Waals surface area contributed by atoms with Crippen molar-refractivity contribution in [2.24, 2.45) is 11.5 Å². The third-order valence-corrected chi connectivity index (χ3v) is 3.05. The van der Waals surface area contributed by atoms with Crippen molar-refractivity contribution in [1.29, 1.82) is 0 Å². The first-order valence-corrected chi connectivity index (χ1v) is 5.58. The van der Waals surface area contributed by atoms with E-state index < -0.39 is 0 Å². The Bertz CT molecular complexity index is 384. The molecule has 4 nitrogen and oxygen atoms in total. The number of hydrogen-bond acceptors (Lipinski definition) is 3. The van der Waals surface area contributed by atoms with Crippen molar-refractivity contribution in [3.8, 4) is 0 Å². The fraction of sp³-hybridized carbons (Fsp3) is 0.417. The molecule has 0 aliphatic carbocycles. The average Bonchev–Trinajstić information content (AvgIpc) is 2.30. The van der Waals surface area contributed by atoms with Gasteiger partial charge in [0.15, 0.2) is 0 Å². The zero-order valence-electron chi connectivity index (χ0n) is 9.23. The molecule has 0 saturated carbocycles. The van der Waals surface area contributed by atoms with Crippen molar-refractivity contribution < 1.29 is 4.79 Å². The number of rotatable bonds is 2. The lowest BCUT2D eigenvalue weighted by Gasteiger charge is -2.32. The Kier molecular flexibility index (Phi) is 3.10. The molecule has 1 aromatic rings. The Morgan fingerprint density at radius 3 is 2.50 bits per heavy atom. The van der Waals surface area contributed by atoms with Crippen molar-refractivity contribution in [2.75, 3.05) is 18.0 Å². The molecule has 16 heavy (non-hydrogen) atoms. The third-order valence-electron chi connectivity index (χ3n) is 3.05. The van der Waals surface area contributed by atoms with Gasteiger partial charge in [-0.25, -0.2) is 0 Å². The fourth-order valence-corrected chi connectivity index (χ4v) is 2.10. The van der Waals surface area contributed by atoms with Crippen LogP contribution >= 0.6 is 0 Å². The molecule has 0 radical (unpaired) electrons. The number of nitrogens with zero attached hydrogens (tertiary/aromatic N) is 1. The minimum absolute atomic E-state index is 0.289. The van der Waals surface area contributed by atoms with E-state index in [1.165, 1.54) is 0 Å². The summed E-state index contributed by atoms with van der Waals surface area (Å²) in [4.78, 5) is 13.5. The normalized spacial score (nSPS) is 17.4. The molecule has 1 amide bonds. The molecular formula is C12H17N3O. The monoisotopic (exact) mass is 219 g/mol. The lowest BCUT2D eigenvalue weighted by atomic mass is 10.0. The van der Waals surface area contributed by atoms with Crippen LogP contribution in [0.25, 0.3) is 0 Å². The smallest absolute Gasteiger partial charge is 0.250 e. The molecule has 1 fully saturated rings. The van der Waals surface area contributed by atoms with Gasteiger partial charge >= 0.3 is 0 Å². The maximum atomic E-state index is 11.3. The van der Waals surface area contributed by atoms with Crippen LogP contribution in [0.15, 0.2) is 24.3 Å². The van der Waals surface area contributed by atoms with Gasteiger partial charge in [-0.05, 0) is 25.0 Å².